The van der Waals surface area contributed by atoms with Gasteiger partial charge in [0, 0.05) is 11.2 Å². The highest BCUT2D eigenvalue weighted by molar-refractivity contribution is 6.30. The van der Waals surface area contributed by atoms with Crippen LogP contribution in [-0.2, 0) is 17.9 Å². The van der Waals surface area contributed by atoms with Crippen LogP contribution in [0.5, 0.6) is 0 Å². The molecule has 0 fully saturated rings. The summed E-state index contributed by atoms with van der Waals surface area (Å²) in [4.78, 5) is 26.8. The SMILES string of the molecule is O=C(O)CCn1ccc(C(=O)Nc2ncn(Cc3ccc(Cl)cc3)n2)n1. The van der Waals surface area contributed by atoms with Crippen LogP contribution in [0, 0.1) is 0 Å². The first-order valence-corrected chi connectivity index (χ1v) is 8.08. The second-order valence-electron chi connectivity index (χ2n) is 5.45. The number of aryl methyl sites for hydroxylation is 1. The molecule has 2 heterocycles. The molecule has 134 valence electrons. The van der Waals surface area contributed by atoms with Crippen LogP contribution in [0.25, 0.3) is 0 Å². The normalized spacial score (nSPS) is 10.7. The first-order chi connectivity index (χ1) is 12.5. The van der Waals surface area contributed by atoms with Gasteiger partial charge < -0.3 is 5.11 Å². The molecule has 0 saturated heterocycles. The lowest BCUT2D eigenvalue weighted by molar-refractivity contribution is -0.137. The van der Waals surface area contributed by atoms with Gasteiger partial charge in [-0.1, -0.05) is 23.7 Å². The van der Waals surface area contributed by atoms with Gasteiger partial charge in [0.25, 0.3) is 5.91 Å². The number of halogens is 1. The zero-order valence-corrected chi connectivity index (χ0v) is 14.3. The number of benzene rings is 1. The zero-order chi connectivity index (χ0) is 18.5. The Morgan fingerprint density at radius 2 is 1.88 bits per heavy atom. The number of hydrogen-bond donors (Lipinski definition) is 2. The van der Waals surface area contributed by atoms with Crippen LogP contribution in [0.2, 0.25) is 5.02 Å². The van der Waals surface area contributed by atoms with E-state index in [1.807, 2.05) is 12.1 Å². The fourth-order valence-electron chi connectivity index (χ4n) is 2.19. The Hall–Kier alpha value is -3.20. The van der Waals surface area contributed by atoms with Gasteiger partial charge in [-0.15, -0.1) is 5.10 Å². The molecule has 0 spiro atoms. The largest absolute Gasteiger partial charge is 0.481 e. The second kappa shape index (κ2) is 7.79. The lowest BCUT2D eigenvalue weighted by Crippen LogP contribution is -2.15. The second-order valence-corrected chi connectivity index (χ2v) is 5.89. The molecule has 0 aliphatic rings. The summed E-state index contributed by atoms with van der Waals surface area (Å²) in [5, 5.41) is 20.1. The molecule has 0 saturated carbocycles. The van der Waals surface area contributed by atoms with E-state index in [0.717, 1.165) is 5.56 Å². The molecule has 0 radical (unpaired) electrons. The number of nitrogens with one attached hydrogen (secondary N) is 1. The standard InChI is InChI=1S/C16H15ClN6O3/c17-12-3-1-11(2-4-12)9-23-10-18-16(21-23)19-15(26)13-5-7-22(20-13)8-6-14(24)25/h1-5,7,10H,6,8-9H2,(H,24,25)(H,19,21,26). The predicted molar refractivity (Wildman–Crippen MR) is 93.0 cm³/mol. The Morgan fingerprint density at radius 3 is 2.62 bits per heavy atom. The van der Waals surface area contributed by atoms with Gasteiger partial charge in [0.2, 0.25) is 5.95 Å². The molecule has 1 aromatic carbocycles. The van der Waals surface area contributed by atoms with Gasteiger partial charge in [0.15, 0.2) is 5.69 Å². The molecular weight excluding hydrogens is 360 g/mol. The van der Waals surface area contributed by atoms with E-state index in [4.69, 9.17) is 16.7 Å². The number of aliphatic carboxylic acids is 1. The Bertz CT molecular complexity index is 918. The highest BCUT2D eigenvalue weighted by atomic mass is 35.5. The summed E-state index contributed by atoms with van der Waals surface area (Å²) in [5.41, 5.74) is 1.15. The summed E-state index contributed by atoms with van der Waals surface area (Å²) in [6.45, 7) is 0.681. The van der Waals surface area contributed by atoms with Gasteiger partial charge in [0.05, 0.1) is 19.5 Å². The molecular formula is C16H15ClN6O3. The van der Waals surface area contributed by atoms with Gasteiger partial charge in [0.1, 0.15) is 6.33 Å². The van der Waals surface area contributed by atoms with Crippen molar-refractivity contribution in [2.75, 3.05) is 5.32 Å². The molecule has 0 bridgehead atoms. The number of carboxylic acids is 1. The minimum atomic E-state index is -0.929. The zero-order valence-electron chi connectivity index (χ0n) is 13.5. The summed E-state index contributed by atoms with van der Waals surface area (Å²) < 4.78 is 2.99. The quantitative estimate of drug-likeness (QED) is 0.652. The van der Waals surface area contributed by atoms with Gasteiger partial charge in [-0.3, -0.25) is 19.6 Å². The average molecular weight is 375 g/mol. The number of rotatable bonds is 7. The molecule has 0 atom stereocenters. The number of hydrogen-bond acceptors (Lipinski definition) is 5. The van der Waals surface area contributed by atoms with Crippen LogP contribution in [0.15, 0.2) is 42.9 Å². The molecule has 26 heavy (non-hydrogen) atoms. The number of amides is 1. The summed E-state index contributed by atoms with van der Waals surface area (Å²) in [5.74, 6) is -1.24. The summed E-state index contributed by atoms with van der Waals surface area (Å²) in [7, 11) is 0. The average Bonchev–Trinajstić information content (AvgIpc) is 3.24. The molecule has 0 aliphatic carbocycles. The van der Waals surface area contributed by atoms with Crippen molar-refractivity contribution in [3.63, 3.8) is 0 Å². The molecule has 9 nitrogen and oxygen atoms in total. The lowest BCUT2D eigenvalue weighted by Gasteiger charge is -2.01. The summed E-state index contributed by atoms with van der Waals surface area (Å²) in [6, 6.07) is 8.84. The van der Waals surface area contributed by atoms with Gasteiger partial charge >= 0.3 is 5.97 Å². The molecule has 2 aromatic heterocycles. The number of carbonyl (C=O) groups is 2. The predicted octanol–water partition coefficient (Wildman–Crippen LogP) is 1.90. The lowest BCUT2D eigenvalue weighted by atomic mass is 10.2. The Morgan fingerprint density at radius 1 is 1.12 bits per heavy atom. The molecule has 3 rings (SSSR count). The molecule has 1 amide bonds. The third kappa shape index (κ3) is 4.67. The van der Waals surface area contributed by atoms with Crippen LogP contribution >= 0.6 is 11.6 Å². The molecule has 3 aromatic rings. The van der Waals surface area contributed by atoms with E-state index in [1.54, 1.807) is 23.0 Å². The maximum atomic E-state index is 12.2. The highest BCUT2D eigenvalue weighted by Crippen LogP contribution is 2.11. The fraction of sp³-hybridized carbons (Fsp3) is 0.188. The maximum Gasteiger partial charge on any atom is 0.305 e. The number of anilines is 1. The highest BCUT2D eigenvalue weighted by Gasteiger charge is 2.13. The third-order valence-corrected chi connectivity index (χ3v) is 3.70. The van der Waals surface area contributed by atoms with Crippen molar-refractivity contribution in [2.45, 2.75) is 19.5 Å². The van der Waals surface area contributed by atoms with Crippen molar-refractivity contribution in [3.05, 3.63) is 59.1 Å². The van der Waals surface area contributed by atoms with E-state index in [1.165, 1.54) is 17.1 Å². The Labute approximate surface area is 153 Å². The van der Waals surface area contributed by atoms with Crippen molar-refractivity contribution < 1.29 is 14.7 Å². The minimum Gasteiger partial charge on any atom is -0.481 e. The minimum absolute atomic E-state index is 0.0700. The van der Waals surface area contributed by atoms with Crippen molar-refractivity contribution >= 4 is 29.4 Å². The first kappa shape index (κ1) is 17.6. The van der Waals surface area contributed by atoms with Crippen LogP contribution in [0.4, 0.5) is 5.95 Å². The molecule has 10 heteroatoms. The number of aromatic nitrogens is 5. The van der Waals surface area contributed by atoms with E-state index < -0.39 is 11.9 Å². The monoisotopic (exact) mass is 374 g/mol. The van der Waals surface area contributed by atoms with E-state index in [-0.39, 0.29) is 24.6 Å². The number of carbonyl (C=O) groups excluding carboxylic acids is 1. The van der Waals surface area contributed by atoms with Crippen molar-refractivity contribution in [1.82, 2.24) is 24.5 Å². The maximum absolute atomic E-state index is 12.2. The number of carboxylic acid groups (broad SMARTS) is 1. The molecule has 0 aliphatic heterocycles. The van der Waals surface area contributed by atoms with E-state index in [9.17, 15) is 9.59 Å². The van der Waals surface area contributed by atoms with Crippen molar-refractivity contribution in [2.24, 2.45) is 0 Å². The van der Waals surface area contributed by atoms with Gasteiger partial charge in [-0.25, -0.2) is 9.67 Å². The van der Waals surface area contributed by atoms with Crippen molar-refractivity contribution in [1.29, 1.82) is 0 Å². The Kier molecular flexibility index (Phi) is 5.28. The smallest absolute Gasteiger partial charge is 0.305 e. The Balaban J connectivity index is 1.59. The van der Waals surface area contributed by atoms with Crippen LogP contribution in [0.1, 0.15) is 22.5 Å². The molecule has 2 N–H and O–H groups in total. The van der Waals surface area contributed by atoms with Crippen LogP contribution in [0.3, 0.4) is 0 Å². The first-order valence-electron chi connectivity index (χ1n) is 7.70. The van der Waals surface area contributed by atoms with Gasteiger partial charge in [-0.05, 0) is 23.8 Å². The fourth-order valence-corrected chi connectivity index (χ4v) is 2.31. The summed E-state index contributed by atoms with van der Waals surface area (Å²) in [6.07, 6.45) is 2.99. The molecule has 0 unspecified atom stereocenters. The third-order valence-electron chi connectivity index (χ3n) is 3.45. The van der Waals surface area contributed by atoms with E-state index in [2.05, 4.69) is 20.5 Å². The van der Waals surface area contributed by atoms with Crippen LogP contribution in [-0.4, -0.2) is 41.5 Å². The van der Waals surface area contributed by atoms with E-state index >= 15 is 0 Å². The van der Waals surface area contributed by atoms with Crippen molar-refractivity contribution in [3.8, 4) is 0 Å². The van der Waals surface area contributed by atoms with Gasteiger partial charge in [-0.2, -0.15) is 5.10 Å². The number of nitrogens with zero attached hydrogens (tertiary/aromatic N) is 5. The topological polar surface area (TPSA) is 115 Å². The van der Waals surface area contributed by atoms with Crippen LogP contribution < -0.4 is 5.32 Å². The summed E-state index contributed by atoms with van der Waals surface area (Å²) >= 11 is 5.85. The van der Waals surface area contributed by atoms with E-state index in [0.29, 0.717) is 11.6 Å².